The van der Waals surface area contributed by atoms with Crippen LogP contribution in [0.1, 0.15) is 77.6 Å². The van der Waals surface area contributed by atoms with E-state index in [1.54, 1.807) is 0 Å². The van der Waals surface area contributed by atoms with E-state index in [2.05, 4.69) is 11.1 Å². The number of ether oxygens (including phenoxy) is 4. The molecular weight excluding hydrogens is 435 g/mol. The third-order valence-corrected chi connectivity index (χ3v) is 4.92. The Morgan fingerprint density at radius 1 is 0.516 bits per heavy atom. The van der Waals surface area contributed by atoms with Gasteiger partial charge in [0, 0.05) is 6.61 Å². The first-order valence-electron chi connectivity index (χ1n) is 11.5. The second kappa shape index (κ2) is 27.0. The van der Waals surface area contributed by atoms with E-state index in [1.165, 1.54) is 64.2 Å². The summed E-state index contributed by atoms with van der Waals surface area (Å²) in [6, 6.07) is 0. The van der Waals surface area contributed by atoms with E-state index in [0.717, 1.165) is 13.0 Å². The van der Waals surface area contributed by atoms with Crippen molar-refractivity contribution in [3.8, 4) is 0 Å². The van der Waals surface area contributed by atoms with Crippen LogP contribution >= 0.6 is 0 Å². The Morgan fingerprint density at radius 3 is 1.23 bits per heavy atom. The molecule has 0 unspecified atom stereocenters. The van der Waals surface area contributed by atoms with Gasteiger partial charge < -0.3 is 23.5 Å². The number of rotatable bonds is 25. The minimum Gasteiger partial charge on any atom is -0.726 e. The normalized spacial score (nSPS) is 11.5. The molecule has 8 nitrogen and oxygen atoms in total. The molecule has 0 atom stereocenters. The minimum atomic E-state index is -4.64. The third kappa shape index (κ3) is 33.0. The van der Waals surface area contributed by atoms with Crippen LogP contribution in [0.25, 0.3) is 0 Å². The quantitative estimate of drug-likeness (QED) is 0.0823. The molecule has 0 spiro atoms. The molecule has 0 bridgehead atoms. The van der Waals surface area contributed by atoms with Gasteiger partial charge in [0.1, 0.15) is 0 Å². The van der Waals surface area contributed by atoms with E-state index in [-0.39, 0.29) is 42.8 Å². The van der Waals surface area contributed by atoms with Crippen molar-refractivity contribution in [3.63, 3.8) is 0 Å². The predicted octanol–water partition coefficient (Wildman–Crippen LogP) is 0.845. The Kier molecular flexibility index (Phi) is 29.5. The van der Waals surface area contributed by atoms with Gasteiger partial charge in [0.15, 0.2) is 0 Å². The van der Waals surface area contributed by atoms with Gasteiger partial charge >= 0.3 is 29.6 Å². The molecule has 0 saturated heterocycles. The number of hydrogen-bond acceptors (Lipinski definition) is 8. The van der Waals surface area contributed by atoms with Crippen LogP contribution in [-0.4, -0.2) is 72.4 Å². The van der Waals surface area contributed by atoms with Gasteiger partial charge in [-0.3, -0.25) is 4.18 Å². The number of hydrogen-bond donors (Lipinski definition) is 0. The van der Waals surface area contributed by atoms with Crippen molar-refractivity contribution in [2.45, 2.75) is 77.6 Å². The van der Waals surface area contributed by atoms with E-state index >= 15 is 0 Å². The van der Waals surface area contributed by atoms with E-state index in [1.807, 2.05) is 0 Å². The fourth-order valence-electron chi connectivity index (χ4n) is 2.83. The minimum absolute atomic E-state index is 0. The van der Waals surface area contributed by atoms with Gasteiger partial charge in [-0.25, -0.2) is 8.42 Å². The van der Waals surface area contributed by atoms with Crippen LogP contribution in [0.4, 0.5) is 0 Å². The van der Waals surface area contributed by atoms with Crippen LogP contribution in [0, 0.1) is 0 Å². The van der Waals surface area contributed by atoms with Gasteiger partial charge in [-0.05, 0) is 6.42 Å². The summed E-state index contributed by atoms with van der Waals surface area (Å²) in [5.74, 6) is 0. The predicted molar refractivity (Wildman–Crippen MR) is 115 cm³/mol. The smallest absolute Gasteiger partial charge is 0.726 e. The molecule has 31 heavy (non-hydrogen) atoms. The molecule has 182 valence electrons. The molecule has 0 rings (SSSR count). The molecule has 10 heteroatoms. The Hall–Kier alpha value is 0.710. The summed E-state index contributed by atoms with van der Waals surface area (Å²) in [4.78, 5) is 0. The summed E-state index contributed by atoms with van der Waals surface area (Å²) in [6.07, 6.45) is 14.7. The molecule has 0 aliphatic rings. The van der Waals surface area contributed by atoms with Gasteiger partial charge in [-0.15, -0.1) is 0 Å². The van der Waals surface area contributed by atoms with Crippen LogP contribution in [0.3, 0.4) is 0 Å². The molecule has 0 aromatic carbocycles. The molecule has 0 radical (unpaired) electrons. The van der Waals surface area contributed by atoms with Crippen LogP contribution in [0.15, 0.2) is 0 Å². The molecule has 0 heterocycles. The molecule has 0 aliphatic heterocycles. The maximum Gasteiger partial charge on any atom is 1.00 e. The first-order valence-corrected chi connectivity index (χ1v) is 12.8. The second-order valence-corrected chi connectivity index (χ2v) is 8.27. The average Bonchev–Trinajstić information content (AvgIpc) is 2.70. The van der Waals surface area contributed by atoms with E-state index in [4.69, 9.17) is 18.9 Å². The van der Waals surface area contributed by atoms with E-state index < -0.39 is 10.4 Å². The van der Waals surface area contributed by atoms with Crippen molar-refractivity contribution in [1.82, 2.24) is 0 Å². The fourth-order valence-corrected chi connectivity index (χ4v) is 3.10. The van der Waals surface area contributed by atoms with Gasteiger partial charge in [0.25, 0.3) is 0 Å². The van der Waals surface area contributed by atoms with Crippen molar-refractivity contribution in [1.29, 1.82) is 0 Å². The molecule has 0 aromatic rings. The maximum absolute atomic E-state index is 10.2. The van der Waals surface area contributed by atoms with Crippen LogP contribution in [-0.2, 0) is 33.5 Å². The summed E-state index contributed by atoms with van der Waals surface area (Å²) < 4.78 is 55.8. The SMILES string of the molecule is CCCCCCCCCCCCCOCCOCCOCCOCCOS(=O)(=O)[O-].[Na+]. The summed E-state index contributed by atoms with van der Waals surface area (Å²) in [5.41, 5.74) is 0. The molecule has 0 aliphatic carbocycles. The van der Waals surface area contributed by atoms with Crippen molar-refractivity contribution in [2.24, 2.45) is 0 Å². The molecule has 0 saturated carbocycles. The van der Waals surface area contributed by atoms with Gasteiger partial charge in [-0.1, -0.05) is 71.1 Å². The second-order valence-electron chi connectivity index (χ2n) is 7.22. The summed E-state index contributed by atoms with van der Waals surface area (Å²) >= 11 is 0. The van der Waals surface area contributed by atoms with Crippen molar-refractivity contribution < 1.29 is 65.7 Å². The molecule has 0 N–H and O–H groups in total. The average molecular weight is 479 g/mol. The van der Waals surface area contributed by atoms with Gasteiger partial charge in [0.05, 0.1) is 52.9 Å². The summed E-state index contributed by atoms with van der Waals surface area (Å²) in [5, 5.41) is 0. The van der Waals surface area contributed by atoms with E-state index in [9.17, 15) is 13.0 Å². The standard InChI is InChI=1S/C21H44O8S.Na/c1-2-3-4-5-6-7-8-9-10-11-12-13-25-14-15-26-16-17-27-18-19-28-20-21-29-30(22,23)24;/h2-21H2,1H3,(H,22,23,24);/q;+1/p-1. The molecule has 0 aromatic heterocycles. The van der Waals surface area contributed by atoms with Crippen LogP contribution < -0.4 is 29.6 Å². The first kappa shape index (κ1) is 33.9. The molecule has 0 amide bonds. The zero-order chi connectivity index (χ0) is 22.2. The largest absolute Gasteiger partial charge is 1.00 e. The number of unbranched alkanes of at least 4 members (excludes halogenated alkanes) is 10. The van der Waals surface area contributed by atoms with Crippen LogP contribution in [0.5, 0.6) is 0 Å². The Morgan fingerprint density at radius 2 is 0.839 bits per heavy atom. The monoisotopic (exact) mass is 478 g/mol. The van der Waals surface area contributed by atoms with Crippen molar-refractivity contribution >= 4 is 10.4 Å². The zero-order valence-corrected chi connectivity index (χ0v) is 22.6. The fraction of sp³-hybridized carbons (Fsp3) is 1.00. The van der Waals surface area contributed by atoms with Gasteiger partial charge in [-0.2, -0.15) is 0 Å². The Balaban J connectivity index is 0. The van der Waals surface area contributed by atoms with Crippen molar-refractivity contribution in [2.75, 3.05) is 59.5 Å². The summed E-state index contributed by atoms with van der Waals surface area (Å²) in [7, 11) is -4.64. The first-order chi connectivity index (χ1) is 14.6. The Bertz CT molecular complexity index is 437. The Labute approximate surface area is 212 Å². The molecular formula is C21H43NaO8S. The zero-order valence-electron chi connectivity index (χ0n) is 19.8. The van der Waals surface area contributed by atoms with Crippen LogP contribution in [0.2, 0.25) is 0 Å². The van der Waals surface area contributed by atoms with Gasteiger partial charge in [0.2, 0.25) is 10.4 Å². The third-order valence-electron chi connectivity index (χ3n) is 4.46. The van der Waals surface area contributed by atoms with E-state index in [0.29, 0.717) is 39.6 Å². The summed E-state index contributed by atoms with van der Waals surface area (Å²) in [6.45, 7) is 5.55. The van der Waals surface area contributed by atoms with Crippen molar-refractivity contribution in [3.05, 3.63) is 0 Å². The maximum atomic E-state index is 10.2. The topological polar surface area (TPSA) is 103 Å². The molecule has 0 fully saturated rings.